The largest absolute Gasteiger partial charge is 0.481 e. The van der Waals surface area contributed by atoms with E-state index in [0.717, 1.165) is 12.8 Å². The molecule has 0 unspecified atom stereocenters. The van der Waals surface area contributed by atoms with E-state index in [2.05, 4.69) is 0 Å². The molecule has 5 heteroatoms. The Labute approximate surface area is 109 Å². The molecule has 0 aromatic heterocycles. The van der Waals surface area contributed by atoms with Crippen LogP contribution in [-0.2, 0) is 4.79 Å². The lowest BCUT2D eigenvalue weighted by Crippen LogP contribution is -2.44. The summed E-state index contributed by atoms with van der Waals surface area (Å²) in [7, 11) is 3.49. The van der Waals surface area contributed by atoms with Crippen molar-refractivity contribution in [3.05, 3.63) is 0 Å². The highest BCUT2D eigenvalue weighted by molar-refractivity contribution is 5.75. The zero-order valence-corrected chi connectivity index (χ0v) is 11.4. The second-order valence-corrected chi connectivity index (χ2v) is 5.10. The summed E-state index contributed by atoms with van der Waals surface area (Å²) in [6, 6.07) is 0.246. The molecule has 0 spiro atoms. The van der Waals surface area contributed by atoms with Gasteiger partial charge in [0.05, 0.1) is 6.42 Å². The van der Waals surface area contributed by atoms with Crippen molar-refractivity contribution in [2.24, 2.45) is 0 Å². The molecule has 0 bridgehead atoms. The van der Waals surface area contributed by atoms with Crippen molar-refractivity contribution in [1.29, 1.82) is 0 Å². The molecule has 1 aliphatic rings. The number of nitrogens with zero attached hydrogens (tertiary/aromatic N) is 2. The van der Waals surface area contributed by atoms with Gasteiger partial charge in [-0.25, -0.2) is 4.79 Å². The Kier molecular flexibility index (Phi) is 5.95. The van der Waals surface area contributed by atoms with Crippen molar-refractivity contribution in [1.82, 2.24) is 9.80 Å². The van der Waals surface area contributed by atoms with Gasteiger partial charge in [-0.1, -0.05) is 25.7 Å². The molecule has 104 valence electrons. The Hall–Kier alpha value is -1.26. The Morgan fingerprint density at radius 3 is 2.17 bits per heavy atom. The highest BCUT2D eigenvalue weighted by atomic mass is 16.4. The maximum Gasteiger partial charge on any atom is 0.319 e. The molecule has 0 aromatic rings. The quantitative estimate of drug-likeness (QED) is 0.784. The summed E-state index contributed by atoms with van der Waals surface area (Å²) in [5.74, 6) is -0.869. The molecule has 1 saturated carbocycles. The highest BCUT2D eigenvalue weighted by Crippen LogP contribution is 2.21. The molecule has 1 N–H and O–H groups in total. The van der Waals surface area contributed by atoms with Gasteiger partial charge in [0.1, 0.15) is 0 Å². The van der Waals surface area contributed by atoms with Gasteiger partial charge in [-0.2, -0.15) is 0 Å². The van der Waals surface area contributed by atoms with Gasteiger partial charge in [-0.3, -0.25) is 4.79 Å². The van der Waals surface area contributed by atoms with E-state index in [-0.39, 0.29) is 19.0 Å². The monoisotopic (exact) mass is 256 g/mol. The number of hydrogen-bond donors (Lipinski definition) is 1. The van der Waals surface area contributed by atoms with Crippen LogP contribution in [0.3, 0.4) is 0 Å². The van der Waals surface area contributed by atoms with E-state index in [1.807, 2.05) is 7.05 Å². The van der Waals surface area contributed by atoms with E-state index in [1.54, 1.807) is 11.9 Å². The summed E-state index contributed by atoms with van der Waals surface area (Å²) in [4.78, 5) is 25.9. The van der Waals surface area contributed by atoms with Crippen molar-refractivity contribution in [3.8, 4) is 0 Å². The first-order chi connectivity index (χ1) is 8.52. The maximum absolute atomic E-state index is 12.1. The van der Waals surface area contributed by atoms with Crippen LogP contribution in [0.4, 0.5) is 4.79 Å². The number of carbonyl (C=O) groups is 2. The average molecular weight is 256 g/mol. The Balaban J connectivity index is 2.45. The Morgan fingerprint density at radius 1 is 1.11 bits per heavy atom. The molecule has 0 aliphatic heterocycles. The fourth-order valence-electron chi connectivity index (χ4n) is 2.43. The smallest absolute Gasteiger partial charge is 0.319 e. The second-order valence-electron chi connectivity index (χ2n) is 5.10. The fourth-order valence-corrected chi connectivity index (χ4v) is 2.43. The summed E-state index contributed by atoms with van der Waals surface area (Å²) in [5, 5.41) is 8.62. The van der Waals surface area contributed by atoms with Crippen molar-refractivity contribution < 1.29 is 14.7 Å². The van der Waals surface area contributed by atoms with E-state index in [4.69, 9.17) is 5.11 Å². The molecule has 1 aliphatic carbocycles. The fraction of sp³-hybridized carbons (Fsp3) is 0.846. The molecule has 0 atom stereocenters. The number of carbonyl (C=O) groups excluding carboxylic acids is 1. The normalized spacial score (nSPS) is 17.0. The molecule has 0 aromatic carbocycles. The highest BCUT2D eigenvalue weighted by Gasteiger charge is 2.23. The van der Waals surface area contributed by atoms with Crippen LogP contribution in [0.25, 0.3) is 0 Å². The number of amides is 2. The predicted octanol–water partition coefficient (Wildman–Crippen LogP) is 2.17. The standard InChI is InChI=1S/C13H24N2O3/c1-14(10-9-12(16)17)13(18)15(2)11-7-5-3-4-6-8-11/h11H,3-10H2,1-2H3,(H,16,17). The summed E-state index contributed by atoms with van der Waals surface area (Å²) in [5.41, 5.74) is 0. The van der Waals surface area contributed by atoms with Crippen LogP contribution in [0.2, 0.25) is 0 Å². The molecule has 18 heavy (non-hydrogen) atoms. The van der Waals surface area contributed by atoms with Crippen LogP contribution >= 0.6 is 0 Å². The lowest BCUT2D eigenvalue weighted by molar-refractivity contribution is -0.137. The number of aliphatic carboxylic acids is 1. The van der Waals surface area contributed by atoms with Crippen LogP contribution in [0, 0.1) is 0 Å². The van der Waals surface area contributed by atoms with Crippen molar-refractivity contribution in [2.45, 2.75) is 51.0 Å². The Morgan fingerprint density at radius 2 is 1.67 bits per heavy atom. The lowest BCUT2D eigenvalue weighted by atomic mass is 10.1. The minimum atomic E-state index is -0.869. The van der Waals surface area contributed by atoms with Gasteiger partial charge in [0, 0.05) is 26.7 Å². The van der Waals surface area contributed by atoms with Gasteiger partial charge in [0.15, 0.2) is 0 Å². The van der Waals surface area contributed by atoms with E-state index < -0.39 is 5.97 Å². The van der Waals surface area contributed by atoms with Gasteiger partial charge in [-0.15, -0.1) is 0 Å². The molecule has 5 nitrogen and oxygen atoms in total. The van der Waals surface area contributed by atoms with Crippen LogP contribution in [0.15, 0.2) is 0 Å². The summed E-state index contributed by atoms with van der Waals surface area (Å²) in [6.45, 7) is 0.269. The maximum atomic E-state index is 12.1. The lowest BCUT2D eigenvalue weighted by Gasteiger charge is -2.31. The molecule has 1 fully saturated rings. The van der Waals surface area contributed by atoms with Gasteiger partial charge in [0.2, 0.25) is 0 Å². The third kappa shape index (κ3) is 4.55. The van der Waals surface area contributed by atoms with E-state index >= 15 is 0 Å². The molecular weight excluding hydrogens is 232 g/mol. The molecule has 0 saturated heterocycles. The van der Waals surface area contributed by atoms with E-state index in [1.165, 1.54) is 30.6 Å². The number of urea groups is 1. The molecule has 0 heterocycles. The summed E-state index contributed by atoms with van der Waals surface area (Å²) < 4.78 is 0. The van der Waals surface area contributed by atoms with Gasteiger partial charge in [-0.05, 0) is 12.8 Å². The zero-order chi connectivity index (χ0) is 13.5. The van der Waals surface area contributed by atoms with E-state index in [0.29, 0.717) is 6.04 Å². The SMILES string of the molecule is CN(CCC(=O)O)C(=O)N(C)C1CCCCCC1. The van der Waals surface area contributed by atoms with Gasteiger partial charge >= 0.3 is 12.0 Å². The second kappa shape index (κ2) is 7.24. The Bertz CT molecular complexity index is 286. The third-order valence-electron chi connectivity index (χ3n) is 3.66. The third-order valence-corrected chi connectivity index (χ3v) is 3.66. The first-order valence-electron chi connectivity index (χ1n) is 6.72. The van der Waals surface area contributed by atoms with Gasteiger partial charge < -0.3 is 14.9 Å². The first-order valence-corrected chi connectivity index (χ1v) is 6.72. The predicted molar refractivity (Wildman–Crippen MR) is 69.5 cm³/mol. The summed E-state index contributed by atoms with van der Waals surface area (Å²) >= 11 is 0. The summed E-state index contributed by atoms with van der Waals surface area (Å²) in [6.07, 6.45) is 7.01. The van der Waals surface area contributed by atoms with E-state index in [9.17, 15) is 9.59 Å². The van der Waals surface area contributed by atoms with Crippen LogP contribution in [0.5, 0.6) is 0 Å². The van der Waals surface area contributed by atoms with Crippen molar-refractivity contribution in [3.63, 3.8) is 0 Å². The van der Waals surface area contributed by atoms with Crippen LogP contribution in [-0.4, -0.2) is 53.6 Å². The van der Waals surface area contributed by atoms with Gasteiger partial charge in [0.25, 0.3) is 0 Å². The van der Waals surface area contributed by atoms with Crippen molar-refractivity contribution >= 4 is 12.0 Å². The topological polar surface area (TPSA) is 60.9 Å². The average Bonchev–Trinajstić information content (AvgIpc) is 2.62. The molecule has 1 rings (SSSR count). The van der Waals surface area contributed by atoms with Crippen molar-refractivity contribution in [2.75, 3.05) is 20.6 Å². The molecule has 2 amide bonds. The number of rotatable bonds is 4. The molecule has 0 radical (unpaired) electrons. The number of hydrogen-bond acceptors (Lipinski definition) is 2. The minimum Gasteiger partial charge on any atom is -0.481 e. The first kappa shape index (κ1) is 14.8. The molecular formula is C13H24N2O3. The zero-order valence-electron chi connectivity index (χ0n) is 11.4. The van der Waals surface area contributed by atoms with Crippen LogP contribution < -0.4 is 0 Å². The van der Waals surface area contributed by atoms with Crippen LogP contribution in [0.1, 0.15) is 44.9 Å². The number of carboxylic acid groups (broad SMARTS) is 1. The number of carboxylic acids is 1. The minimum absolute atomic E-state index is 0.000741.